The summed E-state index contributed by atoms with van der Waals surface area (Å²) in [5.41, 5.74) is 4.00. The summed E-state index contributed by atoms with van der Waals surface area (Å²) >= 11 is 34.3. The van der Waals surface area contributed by atoms with Crippen LogP contribution in [0.1, 0.15) is 124 Å². The zero-order valence-electron chi connectivity index (χ0n) is 80.1. The van der Waals surface area contributed by atoms with Crippen molar-refractivity contribution in [1.82, 2.24) is 78.1 Å². The van der Waals surface area contributed by atoms with Crippen molar-refractivity contribution in [3.8, 4) is 44.5 Å². The van der Waals surface area contributed by atoms with Gasteiger partial charge in [-0.3, -0.25) is 19.9 Å². The van der Waals surface area contributed by atoms with Crippen LogP contribution < -0.4 is 4.90 Å². The van der Waals surface area contributed by atoms with Gasteiger partial charge in [0.1, 0.15) is 21.8 Å². The first-order chi connectivity index (χ1) is 70.0. The number of benzene rings is 8. The molecule has 8 aromatic carbocycles. The predicted octanol–water partition coefficient (Wildman–Crippen LogP) is 25.6. The number of hydrogen-bond donors (Lipinski definition) is 4. The van der Waals surface area contributed by atoms with Gasteiger partial charge in [-0.1, -0.05) is 227 Å². The number of aromatic nitrogens is 16. The van der Waals surface area contributed by atoms with E-state index in [9.17, 15) is 59.9 Å². The van der Waals surface area contributed by atoms with Crippen molar-refractivity contribution in [2.45, 2.75) is 88.9 Å². The molecule has 0 saturated carbocycles. The molecular weight excluding hydrogens is 2000 g/mol. The minimum absolute atomic E-state index is 0.0571. The summed E-state index contributed by atoms with van der Waals surface area (Å²) in [6.45, 7) is 13.5. The largest absolute Gasteiger partial charge is 0.433 e. The summed E-state index contributed by atoms with van der Waals surface area (Å²) in [6.07, 6.45) is 4.40. The van der Waals surface area contributed by atoms with Crippen molar-refractivity contribution in [1.29, 1.82) is 0 Å². The summed E-state index contributed by atoms with van der Waals surface area (Å²) in [7, 11) is 7.00. The molecule has 1 aliphatic heterocycles. The van der Waals surface area contributed by atoms with Crippen LogP contribution in [-0.2, 0) is 69.1 Å². The number of hydrogen-bond acceptors (Lipinski definition) is 17. The Labute approximate surface area is 862 Å². The van der Waals surface area contributed by atoms with Crippen LogP contribution in [0.5, 0.6) is 0 Å². The Morgan fingerprint density at radius 1 is 0.313 bits per heavy atom. The van der Waals surface area contributed by atoms with Gasteiger partial charge in [0.2, 0.25) is 0 Å². The van der Waals surface area contributed by atoms with E-state index in [4.69, 9.17) is 68.0 Å². The summed E-state index contributed by atoms with van der Waals surface area (Å²) in [5, 5.41) is 52.4. The van der Waals surface area contributed by atoms with Crippen LogP contribution in [-0.4, -0.2) is 112 Å². The quantitative estimate of drug-likeness (QED) is 0.0488. The van der Waals surface area contributed by atoms with Crippen LogP contribution in [0, 0.1) is 41.5 Å². The molecule has 1 saturated heterocycles. The Bertz CT molecular complexity index is 8370. The maximum Gasteiger partial charge on any atom is 0.433 e. The van der Waals surface area contributed by atoms with E-state index >= 15 is 0 Å². The van der Waals surface area contributed by atoms with Gasteiger partial charge >= 0.3 is 18.5 Å². The van der Waals surface area contributed by atoms with Gasteiger partial charge in [0.05, 0.1) is 121 Å². The Morgan fingerprint density at radius 2 is 0.728 bits per heavy atom. The second-order valence-electron chi connectivity index (χ2n) is 36.1. The van der Waals surface area contributed by atoms with Gasteiger partial charge in [-0.15, -0.1) is 0 Å². The zero-order valence-corrected chi connectivity index (χ0v) is 83.9. The third-order valence-corrected chi connectivity index (χ3v) is 28.0. The Hall–Kier alpha value is -14.7. The molecule has 744 valence electrons. The van der Waals surface area contributed by atoms with Crippen LogP contribution in [0.4, 0.5) is 45.3 Å². The van der Waals surface area contributed by atoms with E-state index < -0.39 is 74.4 Å². The van der Waals surface area contributed by atoms with E-state index in [1.54, 1.807) is 91.9 Å². The van der Waals surface area contributed by atoms with Gasteiger partial charge in [0, 0.05) is 138 Å². The van der Waals surface area contributed by atoms with E-state index in [2.05, 4.69) is 66.9 Å². The molecule has 35 heteroatoms. The predicted molar refractivity (Wildman–Crippen MR) is 552 cm³/mol. The minimum Gasteiger partial charge on any atom is -0.374 e. The SMILES string of the molecule is Cc1ccc(-c2c(Cl)nc3c(C)cc(C(O)(c4ccc(C(F)(F)F)nc4)c4cncn4C)cc3c2Cl)cc1.Cc1ccc(C(O)(c2ccc3nc(N4CCC4)c(-c4ccccc4)c(Cl)c3c2)c2cncn2C)cn1.Cc1cccc(-c2c(Cl)nc3c(C)cc(C(O)(c4ccc(C)nc4)c4cncn4C)cc3c2Cl)c1.Cn1cncc1C(O)(c1ccc2nc(C(F)(F)F)c(-c3ccccc3)c(C(F)(F)F)c2c1)c1ccccn1. The van der Waals surface area contributed by atoms with Gasteiger partial charge in [-0.2, -0.15) is 39.5 Å². The van der Waals surface area contributed by atoms with E-state index in [1.165, 1.54) is 72.2 Å². The molecule has 0 aliphatic carbocycles. The van der Waals surface area contributed by atoms with Crippen molar-refractivity contribution < 1.29 is 59.9 Å². The monoisotopic (exact) mass is 2080 g/mol. The Kier molecular flexibility index (Phi) is 28.0. The van der Waals surface area contributed by atoms with Crippen LogP contribution in [0.2, 0.25) is 25.4 Å². The van der Waals surface area contributed by atoms with Crippen molar-refractivity contribution >= 4 is 107 Å². The first-order valence-corrected chi connectivity index (χ1v) is 47.8. The molecule has 147 heavy (non-hydrogen) atoms. The van der Waals surface area contributed by atoms with Crippen molar-refractivity contribution in [2.75, 3.05) is 18.0 Å². The molecule has 0 radical (unpaired) electrons. The summed E-state index contributed by atoms with van der Waals surface area (Å²) in [6, 6.07) is 62.9. The molecule has 13 heterocycles. The number of fused-ring (bicyclic) bond motifs is 4. The van der Waals surface area contributed by atoms with Crippen molar-refractivity contribution in [3.05, 3.63) is 443 Å². The standard InChI is InChI=1S/C29H26ClN5O.C28H21Cl2F3N4O.C28H24Cl2N4O.C27H18F6N4O/c1-19-9-10-22(16-32-19)29(36,25-17-31-18-34(25)2)21-11-12-24-23(15-21)27(30)26(20-7-4-3-5-8-20)28(33-24)35-13-6-14-35;1-15-4-6-17(7-5-15)23-24(29)20-11-19(10-16(2)25(20)36-26(23)30)27(38,22-13-34-14-37(22)3)18-8-9-21(35-12-18)28(31,32)33;1-16-6-5-7-19(10-16)24-25(29)22-12-21(11-17(2)26(22)33-27(24)30)28(35,23-14-31-15-34(23)4)20-9-8-18(3)32-13-20;1-37-15-34-14-21(37)25(38,20-9-5-6-12-35-20)17-10-11-19-18(13-17)23(26(28,29)30)22(16-7-3-2-4-8-16)24(36-19)27(31,32)33/h3-5,7-12,15-18,36H,6,13-14H2,1-2H3;4-14,38H,1-3H3;5-15,35H,1-4H3;2-15,38H,1H3. The molecule has 1 fully saturated rings. The molecule has 4 atom stereocenters. The van der Waals surface area contributed by atoms with Gasteiger partial charge in [0.15, 0.2) is 28.1 Å². The number of alkyl halides is 9. The fraction of sp³-hybridized carbons (Fsp3) is 0.179. The number of anilines is 1. The van der Waals surface area contributed by atoms with Crippen molar-refractivity contribution in [2.24, 2.45) is 28.2 Å². The Balaban J connectivity index is 0.000000128. The first kappa shape index (κ1) is 102. The number of aliphatic hydroxyl groups is 4. The van der Waals surface area contributed by atoms with Gasteiger partial charge in [-0.25, -0.2) is 39.9 Å². The molecule has 0 spiro atoms. The number of nitrogens with zero attached hydrogens (tertiary/aromatic N) is 17. The fourth-order valence-electron chi connectivity index (χ4n) is 18.7. The topological polar surface area (TPSA) is 259 Å². The number of imidazole rings is 4. The lowest BCUT2D eigenvalue weighted by Gasteiger charge is -2.34. The van der Waals surface area contributed by atoms with Crippen LogP contribution in [0.15, 0.2) is 299 Å². The molecule has 21 nitrogen and oxygen atoms in total. The summed E-state index contributed by atoms with van der Waals surface area (Å²) in [5.74, 6) is 0.905. The van der Waals surface area contributed by atoms with Gasteiger partial charge < -0.3 is 43.6 Å². The molecular formula is C112H89Cl5F9N17O4. The Morgan fingerprint density at radius 3 is 1.15 bits per heavy atom. The van der Waals surface area contributed by atoms with Crippen LogP contribution in [0.3, 0.4) is 0 Å². The van der Waals surface area contributed by atoms with E-state index in [0.29, 0.717) is 104 Å². The van der Waals surface area contributed by atoms with Gasteiger partial charge in [-0.05, 0) is 170 Å². The third-order valence-electron chi connectivity index (χ3n) is 26.3. The molecule has 1 aliphatic rings. The first-order valence-electron chi connectivity index (χ1n) is 45.9. The van der Waals surface area contributed by atoms with E-state index in [-0.39, 0.29) is 33.2 Å². The highest BCUT2D eigenvalue weighted by Crippen LogP contribution is 2.53. The second kappa shape index (κ2) is 40.3. The lowest BCUT2D eigenvalue weighted by atomic mass is 9.82. The smallest absolute Gasteiger partial charge is 0.374 e. The highest BCUT2D eigenvalue weighted by Gasteiger charge is 2.48. The normalized spacial score (nSPS) is 14.0. The molecule has 21 rings (SSSR count). The maximum absolute atomic E-state index is 14.6. The summed E-state index contributed by atoms with van der Waals surface area (Å²) < 4.78 is 132. The second-order valence-corrected chi connectivity index (χ2v) is 37.9. The van der Waals surface area contributed by atoms with Gasteiger partial charge in [0.25, 0.3) is 0 Å². The van der Waals surface area contributed by atoms with Crippen LogP contribution >= 0.6 is 58.0 Å². The lowest BCUT2D eigenvalue weighted by molar-refractivity contribution is -0.144. The van der Waals surface area contributed by atoms with Crippen LogP contribution in [0.25, 0.3) is 88.1 Å². The third kappa shape index (κ3) is 19.3. The van der Waals surface area contributed by atoms with E-state index in [0.717, 1.165) is 123 Å². The maximum atomic E-state index is 14.6. The molecule has 4 unspecified atom stereocenters. The van der Waals surface area contributed by atoms with E-state index in [1.807, 2.05) is 175 Å². The molecule has 4 N–H and O–H groups in total. The highest BCUT2D eigenvalue weighted by atomic mass is 35.5. The minimum atomic E-state index is -5.19. The number of rotatable bonds is 17. The fourth-order valence-corrected chi connectivity index (χ4v) is 20.4. The number of halogens is 14. The summed E-state index contributed by atoms with van der Waals surface area (Å²) in [4.78, 5) is 53.6. The highest BCUT2D eigenvalue weighted by molar-refractivity contribution is 6.43. The zero-order chi connectivity index (χ0) is 104. The average molecular weight is 2090 g/mol. The molecule has 20 aromatic rings. The van der Waals surface area contributed by atoms with Crippen molar-refractivity contribution in [3.63, 3.8) is 0 Å². The number of aryl methyl sites for hydroxylation is 10. The number of pyridine rings is 8. The molecule has 0 amide bonds. The molecule has 12 aromatic heterocycles. The average Bonchev–Trinajstić information content (AvgIpc) is 0.744. The lowest BCUT2D eigenvalue weighted by Crippen LogP contribution is -2.38. The molecule has 0 bridgehead atoms.